The number of fused-ring (bicyclic) bond motifs is 1. The van der Waals surface area contributed by atoms with Crippen LogP contribution in [0.2, 0.25) is 0 Å². The molecular formula is C24H32F3N5OS. The second kappa shape index (κ2) is 10.1. The first-order valence-electron chi connectivity index (χ1n) is 12.2. The molecule has 0 bridgehead atoms. The fourth-order valence-corrected chi connectivity index (χ4v) is 6.58. The van der Waals surface area contributed by atoms with E-state index in [0.29, 0.717) is 17.9 Å². The molecule has 1 saturated carbocycles. The minimum Gasteiger partial charge on any atom is -0.378 e. The molecule has 1 aromatic heterocycles. The first kappa shape index (κ1) is 23.9. The van der Waals surface area contributed by atoms with Gasteiger partial charge in [-0.2, -0.15) is 13.2 Å². The predicted molar refractivity (Wildman–Crippen MR) is 126 cm³/mol. The molecule has 2 saturated heterocycles. The third-order valence-electron chi connectivity index (χ3n) is 7.55. The number of benzene rings is 1. The van der Waals surface area contributed by atoms with Gasteiger partial charge >= 0.3 is 6.18 Å². The summed E-state index contributed by atoms with van der Waals surface area (Å²) in [4.78, 5) is 4.82. The van der Waals surface area contributed by atoms with Crippen molar-refractivity contribution in [2.75, 3.05) is 50.0 Å². The summed E-state index contributed by atoms with van der Waals surface area (Å²) in [6.45, 7) is 5.34. The van der Waals surface area contributed by atoms with E-state index < -0.39 is 11.7 Å². The van der Waals surface area contributed by atoms with Gasteiger partial charge in [0.05, 0.1) is 18.8 Å². The summed E-state index contributed by atoms with van der Waals surface area (Å²) >= 11 is 1.75. The van der Waals surface area contributed by atoms with E-state index in [0.717, 1.165) is 81.1 Å². The fourth-order valence-electron chi connectivity index (χ4n) is 5.75. The first-order chi connectivity index (χ1) is 16.4. The van der Waals surface area contributed by atoms with Crippen molar-refractivity contribution in [3.05, 3.63) is 35.4 Å². The van der Waals surface area contributed by atoms with Crippen molar-refractivity contribution in [2.24, 2.45) is 13.0 Å². The summed E-state index contributed by atoms with van der Waals surface area (Å²) in [5.41, 5.74) is 0.491. The molecular weight excluding hydrogens is 463 g/mol. The lowest BCUT2D eigenvalue weighted by molar-refractivity contribution is -0.137. The van der Waals surface area contributed by atoms with Crippen LogP contribution in [0.3, 0.4) is 0 Å². The van der Waals surface area contributed by atoms with Crippen LogP contribution in [0.25, 0.3) is 0 Å². The van der Waals surface area contributed by atoms with E-state index in [-0.39, 0.29) is 0 Å². The predicted octanol–water partition coefficient (Wildman–Crippen LogP) is 4.42. The van der Waals surface area contributed by atoms with E-state index in [1.54, 1.807) is 23.9 Å². The molecule has 0 spiro atoms. The van der Waals surface area contributed by atoms with Crippen molar-refractivity contribution in [3.8, 4) is 0 Å². The molecule has 5 rings (SSSR count). The van der Waals surface area contributed by atoms with Gasteiger partial charge in [0.1, 0.15) is 0 Å². The fraction of sp³-hybridized carbons (Fsp3) is 0.667. The molecule has 0 radical (unpaired) electrons. The third kappa shape index (κ3) is 5.09. The second-order valence-corrected chi connectivity index (χ2v) is 10.6. The summed E-state index contributed by atoms with van der Waals surface area (Å²) in [7, 11) is 2.03. The largest absolute Gasteiger partial charge is 0.416 e. The van der Waals surface area contributed by atoms with E-state index in [1.807, 2.05) is 7.05 Å². The SMILES string of the molecule is Cn1c(SCCCN2CCC3C[C@H](c4ccc(C(F)(F)F)cc4)CC32)nnc1N1CCOCC1. The summed E-state index contributed by atoms with van der Waals surface area (Å²) in [5, 5.41) is 9.72. The van der Waals surface area contributed by atoms with Crippen LogP contribution in [-0.4, -0.2) is 70.9 Å². The van der Waals surface area contributed by atoms with Crippen molar-refractivity contribution in [2.45, 2.75) is 49.0 Å². The van der Waals surface area contributed by atoms with Gasteiger partial charge < -0.3 is 14.5 Å². The number of aromatic nitrogens is 3. The molecule has 1 aromatic carbocycles. The van der Waals surface area contributed by atoms with Gasteiger partial charge in [-0.15, -0.1) is 10.2 Å². The van der Waals surface area contributed by atoms with Crippen LogP contribution in [0, 0.1) is 5.92 Å². The maximum atomic E-state index is 12.9. The molecule has 2 unspecified atom stereocenters. The zero-order valence-electron chi connectivity index (χ0n) is 19.5. The number of rotatable bonds is 7. The lowest BCUT2D eigenvalue weighted by Crippen LogP contribution is -2.37. The summed E-state index contributed by atoms with van der Waals surface area (Å²) < 4.78 is 46.1. The molecule has 1 aliphatic carbocycles. The molecule has 10 heteroatoms. The van der Waals surface area contributed by atoms with Gasteiger partial charge in [0.15, 0.2) is 5.16 Å². The number of hydrogen-bond donors (Lipinski definition) is 0. The van der Waals surface area contributed by atoms with Crippen LogP contribution in [-0.2, 0) is 18.0 Å². The van der Waals surface area contributed by atoms with Crippen LogP contribution < -0.4 is 4.90 Å². The molecule has 3 atom stereocenters. The van der Waals surface area contributed by atoms with Crippen molar-refractivity contribution >= 4 is 17.7 Å². The smallest absolute Gasteiger partial charge is 0.378 e. The van der Waals surface area contributed by atoms with Crippen molar-refractivity contribution in [1.29, 1.82) is 0 Å². The van der Waals surface area contributed by atoms with Gasteiger partial charge in [-0.3, -0.25) is 4.57 Å². The van der Waals surface area contributed by atoms with Crippen LogP contribution >= 0.6 is 11.8 Å². The molecule has 34 heavy (non-hydrogen) atoms. The van der Waals surface area contributed by atoms with Crippen molar-refractivity contribution in [1.82, 2.24) is 19.7 Å². The average molecular weight is 496 g/mol. The molecule has 3 fully saturated rings. The zero-order chi connectivity index (χ0) is 23.7. The maximum absolute atomic E-state index is 12.9. The number of ether oxygens (including phenoxy) is 1. The number of morpholine rings is 1. The van der Waals surface area contributed by atoms with Crippen LogP contribution in [0.1, 0.15) is 42.7 Å². The van der Waals surface area contributed by atoms with Crippen molar-refractivity contribution in [3.63, 3.8) is 0 Å². The van der Waals surface area contributed by atoms with Crippen molar-refractivity contribution < 1.29 is 17.9 Å². The van der Waals surface area contributed by atoms with E-state index in [2.05, 4.69) is 24.6 Å². The lowest BCUT2D eigenvalue weighted by atomic mass is 9.94. The topological polar surface area (TPSA) is 46.4 Å². The lowest BCUT2D eigenvalue weighted by Gasteiger charge is -2.27. The number of hydrogen-bond acceptors (Lipinski definition) is 6. The molecule has 2 aliphatic heterocycles. The number of alkyl halides is 3. The minimum absolute atomic E-state index is 0.367. The molecule has 0 N–H and O–H groups in total. The molecule has 0 amide bonds. The number of nitrogens with zero attached hydrogens (tertiary/aromatic N) is 5. The summed E-state index contributed by atoms with van der Waals surface area (Å²) in [6, 6.07) is 6.38. The Balaban J connectivity index is 1.09. The van der Waals surface area contributed by atoms with Gasteiger partial charge in [0.2, 0.25) is 5.95 Å². The Labute approximate surface area is 202 Å². The van der Waals surface area contributed by atoms with Gasteiger partial charge in [-0.25, -0.2) is 0 Å². The summed E-state index contributed by atoms with van der Waals surface area (Å²) in [6.07, 6.45) is 0.147. The molecule has 6 nitrogen and oxygen atoms in total. The van der Waals surface area contributed by atoms with Crippen LogP contribution in [0.4, 0.5) is 19.1 Å². The highest BCUT2D eigenvalue weighted by molar-refractivity contribution is 7.99. The number of anilines is 1. The second-order valence-electron chi connectivity index (χ2n) is 9.58. The Morgan fingerprint density at radius 3 is 2.56 bits per heavy atom. The summed E-state index contributed by atoms with van der Waals surface area (Å²) in [5.74, 6) is 2.93. The molecule has 3 aliphatic rings. The van der Waals surface area contributed by atoms with Gasteiger partial charge in [0.25, 0.3) is 0 Å². The normalized spacial score (nSPS) is 25.8. The van der Waals surface area contributed by atoms with E-state index in [9.17, 15) is 13.2 Å². The minimum atomic E-state index is -4.27. The first-order valence-corrected chi connectivity index (χ1v) is 13.1. The highest BCUT2D eigenvalue weighted by atomic mass is 32.2. The Kier molecular flexibility index (Phi) is 7.09. The number of halogens is 3. The zero-order valence-corrected chi connectivity index (χ0v) is 20.3. The van der Waals surface area contributed by atoms with E-state index in [1.165, 1.54) is 18.6 Å². The maximum Gasteiger partial charge on any atom is 0.416 e. The molecule has 2 aromatic rings. The van der Waals surface area contributed by atoms with E-state index >= 15 is 0 Å². The Morgan fingerprint density at radius 2 is 1.82 bits per heavy atom. The standard InChI is InChI=1S/C24H32F3N5OS/c1-30-22(32-10-12-33-13-11-32)28-29-23(30)34-14-2-8-31-9-7-18-15-19(16-21(18)31)17-3-5-20(6-4-17)24(25,26)27/h3-6,18-19,21H,2,7-16H2,1H3/t18?,19-,21?/m0/s1. The number of thioether (sulfide) groups is 1. The number of likely N-dealkylation sites (tertiary alicyclic amines) is 1. The molecule has 3 heterocycles. The van der Waals surface area contributed by atoms with Gasteiger partial charge in [0, 0.05) is 31.9 Å². The van der Waals surface area contributed by atoms with Crippen LogP contribution in [0.15, 0.2) is 29.4 Å². The highest BCUT2D eigenvalue weighted by Crippen LogP contribution is 2.46. The van der Waals surface area contributed by atoms with Crippen LogP contribution in [0.5, 0.6) is 0 Å². The Bertz CT molecular complexity index is 961. The third-order valence-corrected chi connectivity index (χ3v) is 8.66. The monoisotopic (exact) mass is 495 g/mol. The van der Waals surface area contributed by atoms with Gasteiger partial charge in [-0.05, 0) is 68.3 Å². The quantitative estimate of drug-likeness (QED) is 0.419. The highest BCUT2D eigenvalue weighted by Gasteiger charge is 2.42. The Hall–Kier alpha value is -1.78. The average Bonchev–Trinajstić information content (AvgIpc) is 3.52. The van der Waals surface area contributed by atoms with Gasteiger partial charge in [-0.1, -0.05) is 23.9 Å². The van der Waals surface area contributed by atoms with E-state index in [4.69, 9.17) is 4.74 Å². The Morgan fingerprint density at radius 1 is 1.06 bits per heavy atom. The molecule has 186 valence electrons.